The SMILES string of the molecule is C[C@](C#N)(c1ccccc1)[C@@](C)(C#N)c1ccccc1. The fraction of sp³-hybridized carbons (Fsp3) is 0.222. The smallest absolute Gasteiger partial charge is 0.102 e. The van der Waals surface area contributed by atoms with Crippen LogP contribution in [0.2, 0.25) is 0 Å². The highest BCUT2D eigenvalue weighted by atomic mass is 14.5. The van der Waals surface area contributed by atoms with Crippen molar-refractivity contribution >= 4 is 0 Å². The lowest BCUT2D eigenvalue weighted by atomic mass is 9.60. The Balaban J connectivity index is 2.66. The van der Waals surface area contributed by atoms with Gasteiger partial charge in [0.15, 0.2) is 0 Å². The first-order chi connectivity index (χ1) is 9.58. The molecule has 0 spiro atoms. The van der Waals surface area contributed by atoms with Crippen LogP contribution in [0, 0.1) is 22.7 Å². The molecule has 2 rings (SSSR count). The molecule has 0 aliphatic rings. The van der Waals surface area contributed by atoms with Gasteiger partial charge in [0, 0.05) is 0 Å². The van der Waals surface area contributed by atoms with Gasteiger partial charge >= 0.3 is 0 Å². The van der Waals surface area contributed by atoms with E-state index in [0.717, 1.165) is 11.1 Å². The molecule has 0 aliphatic heterocycles. The maximum atomic E-state index is 9.77. The zero-order chi connectivity index (χ0) is 14.6. The average molecular weight is 260 g/mol. The number of nitrogens with zero attached hydrogens (tertiary/aromatic N) is 2. The third kappa shape index (κ3) is 1.96. The second-order valence-electron chi connectivity index (χ2n) is 5.21. The van der Waals surface area contributed by atoms with Crippen LogP contribution in [-0.2, 0) is 10.8 Å². The number of hydrogen-bond donors (Lipinski definition) is 0. The highest BCUT2D eigenvalue weighted by Gasteiger charge is 2.48. The van der Waals surface area contributed by atoms with Crippen molar-refractivity contribution in [2.45, 2.75) is 24.7 Å². The molecule has 2 nitrogen and oxygen atoms in total. The molecular formula is C18H16N2. The van der Waals surface area contributed by atoms with E-state index in [9.17, 15) is 10.5 Å². The summed E-state index contributed by atoms with van der Waals surface area (Å²) in [7, 11) is 0. The fourth-order valence-corrected chi connectivity index (χ4v) is 2.47. The molecule has 0 heterocycles. The van der Waals surface area contributed by atoms with Gasteiger partial charge in [-0.15, -0.1) is 0 Å². The first-order valence-electron chi connectivity index (χ1n) is 6.52. The third-order valence-corrected chi connectivity index (χ3v) is 4.15. The summed E-state index contributed by atoms with van der Waals surface area (Å²) in [5.41, 5.74) is -0.111. The van der Waals surface area contributed by atoms with Crippen molar-refractivity contribution in [3.63, 3.8) is 0 Å². The van der Waals surface area contributed by atoms with Crippen molar-refractivity contribution in [3.8, 4) is 12.1 Å². The van der Waals surface area contributed by atoms with E-state index >= 15 is 0 Å². The van der Waals surface area contributed by atoms with Crippen LogP contribution < -0.4 is 0 Å². The minimum atomic E-state index is -0.912. The molecule has 0 amide bonds. The van der Waals surface area contributed by atoms with E-state index in [1.165, 1.54) is 0 Å². The van der Waals surface area contributed by atoms with E-state index in [1.807, 2.05) is 74.5 Å². The minimum absolute atomic E-state index is 0.857. The molecule has 98 valence electrons. The molecule has 20 heavy (non-hydrogen) atoms. The van der Waals surface area contributed by atoms with Gasteiger partial charge in [0.2, 0.25) is 0 Å². The molecule has 0 aliphatic carbocycles. The zero-order valence-electron chi connectivity index (χ0n) is 11.7. The largest absolute Gasteiger partial charge is 0.197 e. The monoisotopic (exact) mass is 260 g/mol. The van der Waals surface area contributed by atoms with Gasteiger partial charge in [-0.1, -0.05) is 60.7 Å². The highest BCUT2D eigenvalue weighted by molar-refractivity contribution is 5.47. The second kappa shape index (κ2) is 5.19. The summed E-state index contributed by atoms with van der Waals surface area (Å²) in [5, 5.41) is 19.5. The highest BCUT2D eigenvalue weighted by Crippen LogP contribution is 2.43. The quantitative estimate of drug-likeness (QED) is 0.838. The van der Waals surface area contributed by atoms with Crippen molar-refractivity contribution in [2.75, 3.05) is 0 Å². The summed E-state index contributed by atoms with van der Waals surface area (Å²) in [6.45, 7) is 3.66. The lowest BCUT2D eigenvalue weighted by molar-refractivity contribution is 0.407. The van der Waals surface area contributed by atoms with Crippen LogP contribution in [0.4, 0.5) is 0 Å². The Kier molecular flexibility index (Phi) is 3.59. The van der Waals surface area contributed by atoms with Gasteiger partial charge in [0.1, 0.15) is 10.8 Å². The Bertz CT molecular complexity index is 603. The Morgan fingerprint density at radius 2 is 0.950 bits per heavy atom. The van der Waals surface area contributed by atoms with Crippen molar-refractivity contribution in [2.24, 2.45) is 0 Å². The van der Waals surface area contributed by atoms with Gasteiger partial charge in [0.25, 0.3) is 0 Å². The van der Waals surface area contributed by atoms with Gasteiger partial charge in [-0.2, -0.15) is 10.5 Å². The molecular weight excluding hydrogens is 244 g/mol. The molecule has 0 N–H and O–H groups in total. The van der Waals surface area contributed by atoms with Crippen LogP contribution in [0.1, 0.15) is 25.0 Å². The summed E-state index contributed by atoms with van der Waals surface area (Å²) in [5.74, 6) is 0. The number of hydrogen-bond acceptors (Lipinski definition) is 2. The van der Waals surface area contributed by atoms with Gasteiger partial charge in [0.05, 0.1) is 12.1 Å². The summed E-state index contributed by atoms with van der Waals surface area (Å²) in [6, 6.07) is 23.7. The lowest BCUT2D eigenvalue weighted by Gasteiger charge is -2.37. The van der Waals surface area contributed by atoms with E-state index < -0.39 is 10.8 Å². The maximum Gasteiger partial charge on any atom is 0.102 e. The summed E-state index contributed by atoms with van der Waals surface area (Å²) in [6.07, 6.45) is 0. The predicted molar refractivity (Wildman–Crippen MR) is 78.8 cm³/mol. The predicted octanol–water partition coefficient (Wildman–Crippen LogP) is 3.95. The van der Waals surface area contributed by atoms with E-state index in [2.05, 4.69) is 12.1 Å². The minimum Gasteiger partial charge on any atom is -0.197 e. The number of nitriles is 2. The molecule has 0 saturated carbocycles. The van der Waals surface area contributed by atoms with Crippen LogP contribution in [0.25, 0.3) is 0 Å². The molecule has 0 fully saturated rings. The first kappa shape index (κ1) is 13.8. The van der Waals surface area contributed by atoms with Gasteiger partial charge in [-0.05, 0) is 25.0 Å². The molecule has 0 radical (unpaired) electrons. The summed E-state index contributed by atoms with van der Waals surface area (Å²) < 4.78 is 0. The Hall–Kier alpha value is -2.58. The zero-order valence-corrected chi connectivity index (χ0v) is 11.7. The van der Waals surface area contributed by atoms with Gasteiger partial charge in [-0.3, -0.25) is 0 Å². The standard InChI is InChI=1S/C18H16N2/c1-17(13-19,15-9-5-3-6-10-15)18(2,14-20)16-11-7-4-8-12-16/h3-12H,1-2H3/t17-,18-/m0/s1. The van der Waals surface area contributed by atoms with E-state index in [1.54, 1.807) is 0 Å². The summed E-state index contributed by atoms with van der Waals surface area (Å²) in [4.78, 5) is 0. The van der Waals surface area contributed by atoms with Crippen molar-refractivity contribution in [1.82, 2.24) is 0 Å². The fourth-order valence-electron chi connectivity index (χ4n) is 2.47. The van der Waals surface area contributed by atoms with Crippen molar-refractivity contribution < 1.29 is 0 Å². The first-order valence-corrected chi connectivity index (χ1v) is 6.52. The molecule has 0 unspecified atom stereocenters. The summed E-state index contributed by atoms with van der Waals surface area (Å²) >= 11 is 0. The number of rotatable bonds is 3. The van der Waals surface area contributed by atoms with Crippen LogP contribution in [0.5, 0.6) is 0 Å². The van der Waals surface area contributed by atoms with Gasteiger partial charge in [-0.25, -0.2) is 0 Å². The molecule has 0 bridgehead atoms. The molecule has 2 heteroatoms. The topological polar surface area (TPSA) is 47.6 Å². The van der Waals surface area contributed by atoms with Crippen LogP contribution in [-0.4, -0.2) is 0 Å². The number of benzene rings is 2. The van der Waals surface area contributed by atoms with E-state index in [-0.39, 0.29) is 0 Å². The van der Waals surface area contributed by atoms with Gasteiger partial charge < -0.3 is 0 Å². The lowest BCUT2D eigenvalue weighted by Crippen LogP contribution is -2.43. The van der Waals surface area contributed by atoms with Crippen LogP contribution in [0.3, 0.4) is 0 Å². The molecule has 0 saturated heterocycles. The maximum absolute atomic E-state index is 9.77. The Morgan fingerprint density at radius 1 is 0.650 bits per heavy atom. The van der Waals surface area contributed by atoms with Crippen LogP contribution in [0.15, 0.2) is 60.7 Å². The normalized spacial score (nSPS) is 16.2. The Morgan fingerprint density at radius 3 is 1.20 bits per heavy atom. The molecule has 2 aromatic carbocycles. The average Bonchev–Trinajstić information content (AvgIpc) is 2.54. The van der Waals surface area contributed by atoms with E-state index in [0.29, 0.717) is 0 Å². The third-order valence-electron chi connectivity index (χ3n) is 4.15. The Labute approximate surface area is 119 Å². The molecule has 2 aromatic rings. The van der Waals surface area contributed by atoms with Crippen molar-refractivity contribution in [3.05, 3.63) is 71.8 Å². The van der Waals surface area contributed by atoms with Crippen molar-refractivity contribution in [1.29, 1.82) is 10.5 Å². The van der Waals surface area contributed by atoms with Crippen LogP contribution >= 0.6 is 0 Å². The molecule has 2 atom stereocenters. The molecule has 0 aromatic heterocycles. The van der Waals surface area contributed by atoms with E-state index in [4.69, 9.17) is 0 Å². The second-order valence-corrected chi connectivity index (χ2v) is 5.21.